The largest absolute Gasteiger partial charge is 0.497 e. The minimum atomic E-state index is -0.113. The molecule has 4 rings (SSSR count). The van der Waals surface area contributed by atoms with Crippen LogP contribution in [-0.4, -0.2) is 18.0 Å². The molecule has 0 spiro atoms. The summed E-state index contributed by atoms with van der Waals surface area (Å²) in [5, 5.41) is 5.60. The number of fused-ring (bicyclic) bond motifs is 1. The maximum Gasteiger partial charge on any atom is 0.256 e. The van der Waals surface area contributed by atoms with Gasteiger partial charge in [0.1, 0.15) is 10.8 Å². The third-order valence-electron chi connectivity index (χ3n) is 4.29. The van der Waals surface area contributed by atoms with Crippen molar-refractivity contribution in [1.82, 2.24) is 4.98 Å². The molecule has 27 heavy (non-hydrogen) atoms. The van der Waals surface area contributed by atoms with Crippen molar-refractivity contribution in [2.75, 3.05) is 16.7 Å². The lowest BCUT2D eigenvalue weighted by Gasteiger charge is -2.19. The van der Waals surface area contributed by atoms with Gasteiger partial charge in [-0.2, -0.15) is 0 Å². The summed E-state index contributed by atoms with van der Waals surface area (Å²) in [6.07, 6.45) is 3.55. The number of benzene rings is 2. The van der Waals surface area contributed by atoms with Gasteiger partial charge in [0.05, 0.1) is 19.2 Å². The third kappa shape index (κ3) is 3.70. The molecule has 2 aromatic carbocycles. The van der Waals surface area contributed by atoms with Crippen LogP contribution in [0.1, 0.15) is 16.1 Å². The molecule has 0 saturated heterocycles. The zero-order valence-corrected chi connectivity index (χ0v) is 16.3. The van der Waals surface area contributed by atoms with Gasteiger partial charge in [-0.1, -0.05) is 24.9 Å². The number of methoxy groups -OCH3 is 1. The Bertz CT molecular complexity index is 999. The Morgan fingerprint density at radius 2 is 2.07 bits per heavy atom. The number of aromatic nitrogens is 1. The number of amides is 1. The fraction of sp³-hybridized carbons (Fsp3) is 0.100. The lowest BCUT2D eigenvalue weighted by atomic mass is 10.1. The molecule has 1 aromatic heterocycles. The van der Waals surface area contributed by atoms with E-state index in [-0.39, 0.29) is 5.91 Å². The number of thiol groups is 1. The van der Waals surface area contributed by atoms with Gasteiger partial charge in [-0.05, 0) is 42.0 Å². The molecule has 1 amide bonds. The zero-order chi connectivity index (χ0) is 18.8. The van der Waals surface area contributed by atoms with Gasteiger partial charge in [-0.3, -0.25) is 4.79 Å². The van der Waals surface area contributed by atoms with Crippen molar-refractivity contribution in [3.63, 3.8) is 0 Å². The van der Waals surface area contributed by atoms with Crippen molar-refractivity contribution in [2.45, 2.75) is 6.54 Å². The van der Waals surface area contributed by atoms with E-state index in [0.29, 0.717) is 12.1 Å². The van der Waals surface area contributed by atoms with E-state index >= 15 is 0 Å². The van der Waals surface area contributed by atoms with Gasteiger partial charge in [0.25, 0.3) is 5.91 Å². The van der Waals surface area contributed by atoms with Crippen LogP contribution in [0.3, 0.4) is 0 Å². The minimum Gasteiger partial charge on any atom is -0.497 e. The van der Waals surface area contributed by atoms with Crippen molar-refractivity contribution in [3.8, 4) is 5.75 Å². The van der Waals surface area contributed by atoms with Gasteiger partial charge in [0, 0.05) is 28.5 Å². The van der Waals surface area contributed by atoms with E-state index < -0.39 is 0 Å². The summed E-state index contributed by atoms with van der Waals surface area (Å²) in [6, 6.07) is 13.7. The van der Waals surface area contributed by atoms with E-state index in [1.165, 1.54) is 11.3 Å². The molecule has 2 heterocycles. The maximum absolute atomic E-state index is 12.3. The SMILES string of the molecule is COc1ccc(CN(S)c2ccc3c(c2)/C(=C\c2nccs2)C(=O)N3)cc1. The van der Waals surface area contributed by atoms with Crippen LogP contribution in [0.15, 0.2) is 54.0 Å². The van der Waals surface area contributed by atoms with Crippen LogP contribution in [0.2, 0.25) is 0 Å². The van der Waals surface area contributed by atoms with Crippen LogP contribution in [0.5, 0.6) is 5.75 Å². The molecule has 0 unspecified atom stereocenters. The predicted octanol–water partition coefficient (Wildman–Crippen LogP) is 4.50. The molecule has 136 valence electrons. The zero-order valence-electron chi connectivity index (χ0n) is 14.5. The minimum absolute atomic E-state index is 0.113. The number of nitrogens with zero attached hydrogens (tertiary/aromatic N) is 2. The highest BCUT2D eigenvalue weighted by molar-refractivity contribution is 7.81. The Morgan fingerprint density at radius 1 is 1.26 bits per heavy atom. The molecule has 0 saturated carbocycles. The number of ether oxygens (including phenoxy) is 1. The smallest absolute Gasteiger partial charge is 0.256 e. The summed E-state index contributed by atoms with van der Waals surface area (Å²) in [5.41, 5.74) is 4.31. The second kappa shape index (κ2) is 7.46. The first-order valence-corrected chi connectivity index (χ1v) is 9.58. The summed E-state index contributed by atoms with van der Waals surface area (Å²) in [5.74, 6) is 0.710. The van der Waals surface area contributed by atoms with Gasteiger partial charge in [0.2, 0.25) is 0 Å². The van der Waals surface area contributed by atoms with Crippen LogP contribution in [-0.2, 0) is 11.3 Å². The summed E-state index contributed by atoms with van der Waals surface area (Å²) < 4.78 is 7.05. The van der Waals surface area contributed by atoms with Gasteiger partial charge in [0.15, 0.2) is 0 Å². The number of hydrogen-bond donors (Lipinski definition) is 2. The molecule has 0 radical (unpaired) electrons. The highest BCUT2D eigenvalue weighted by Gasteiger charge is 2.25. The monoisotopic (exact) mass is 395 g/mol. The molecule has 0 fully saturated rings. The van der Waals surface area contributed by atoms with Crippen LogP contribution >= 0.6 is 24.2 Å². The highest BCUT2D eigenvalue weighted by Crippen LogP contribution is 2.36. The van der Waals surface area contributed by atoms with Crippen molar-refractivity contribution in [3.05, 3.63) is 70.2 Å². The average Bonchev–Trinajstić information content (AvgIpc) is 3.30. The summed E-state index contributed by atoms with van der Waals surface area (Å²) >= 11 is 6.13. The summed E-state index contributed by atoms with van der Waals surface area (Å²) in [7, 11) is 1.65. The molecular weight excluding hydrogens is 378 g/mol. The summed E-state index contributed by atoms with van der Waals surface area (Å²) in [6.45, 7) is 0.624. The Labute approximate surface area is 166 Å². The fourth-order valence-corrected chi connectivity index (χ4v) is 3.76. The van der Waals surface area contributed by atoms with E-state index in [9.17, 15) is 4.79 Å². The number of nitrogens with one attached hydrogen (secondary N) is 1. The third-order valence-corrected chi connectivity index (χ3v) is 5.39. The van der Waals surface area contributed by atoms with Crippen molar-refractivity contribution < 1.29 is 9.53 Å². The molecule has 5 nitrogen and oxygen atoms in total. The number of carbonyl (C=O) groups is 1. The van der Waals surface area contributed by atoms with Crippen LogP contribution in [0, 0.1) is 0 Å². The van der Waals surface area contributed by atoms with Crippen LogP contribution < -0.4 is 14.4 Å². The Morgan fingerprint density at radius 3 is 2.78 bits per heavy atom. The first-order valence-electron chi connectivity index (χ1n) is 8.30. The summed E-state index contributed by atoms with van der Waals surface area (Å²) in [4.78, 5) is 16.6. The Hall–Kier alpha value is -2.77. The lowest BCUT2D eigenvalue weighted by Crippen LogP contribution is -2.10. The number of carbonyl (C=O) groups excluding carboxylic acids is 1. The van der Waals surface area contributed by atoms with Gasteiger partial charge in [-0.15, -0.1) is 11.3 Å². The number of thiazole rings is 1. The topological polar surface area (TPSA) is 54.5 Å². The fourth-order valence-electron chi connectivity index (χ4n) is 2.90. The standard InChI is InChI=1S/C20H17N3O2S2/c1-25-15-5-2-13(3-6-15)12-23(26)14-4-7-18-16(10-14)17(20(24)22-18)11-19-21-8-9-27-19/h2-11,26H,12H2,1H3,(H,22,24)/b17-11+. The highest BCUT2D eigenvalue weighted by atomic mass is 32.1. The maximum atomic E-state index is 12.3. The first-order chi connectivity index (χ1) is 13.1. The van der Waals surface area contributed by atoms with E-state index in [2.05, 4.69) is 23.1 Å². The van der Waals surface area contributed by atoms with E-state index in [1.54, 1.807) is 13.3 Å². The number of anilines is 2. The van der Waals surface area contributed by atoms with E-state index in [0.717, 1.165) is 33.3 Å². The molecule has 3 aromatic rings. The van der Waals surface area contributed by atoms with Crippen molar-refractivity contribution in [1.29, 1.82) is 0 Å². The molecule has 0 bridgehead atoms. The van der Waals surface area contributed by atoms with E-state index in [4.69, 9.17) is 4.74 Å². The van der Waals surface area contributed by atoms with Gasteiger partial charge < -0.3 is 14.4 Å². The van der Waals surface area contributed by atoms with Crippen molar-refractivity contribution in [2.24, 2.45) is 0 Å². The van der Waals surface area contributed by atoms with Crippen LogP contribution in [0.4, 0.5) is 11.4 Å². The molecule has 1 aliphatic rings. The Kier molecular flexibility index (Phi) is 4.87. The van der Waals surface area contributed by atoms with Gasteiger partial charge in [-0.25, -0.2) is 4.98 Å². The second-order valence-corrected chi connectivity index (χ2v) is 7.43. The Balaban J connectivity index is 1.60. The molecule has 0 atom stereocenters. The number of hydrogen-bond acceptors (Lipinski definition) is 6. The molecule has 1 aliphatic heterocycles. The molecule has 7 heteroatoms. The quantitative estimate of drug-likeness (QED) is 0.493. The van der Waals surface area contributed by atoms with Gasteiger partial charge >= 0.3 is 0 Å². The molecule has 1 N–H and O–H groups in total. The first kappa shape index (κ1) is 17.6. The predicted molar refractivity (Wildman–Crippen MR) is 113 cm³/mol. The second-order valence-electron chi connectivity index (χ2n) is 6.02. The normalized spacial score (nSPS) is 14.1. The van der Waals surface area contributed by atoms with E-state index in [1.807, 2.05) is 58.2 Å². The molecule has 0 aliphatic carbocycles. The average molecular weight is 396 g/mol. The lowest BCUT2D eigenvalue weighted by molar-refractivity contribution is -0.110. The number of rotatable bonds is 5. The van der Waals surface area contributed by atoms with Crippen molar-refractivity contribution >= 4 is 53.1 Å². The molecular formula is C20H17N3O2S2. The van der Waals surface area contributed by atoms with Crippen LogP contribution in [0.25, 0.3) is 11.6 Å².